The van der Waals surface area contributed by atoms with Crippen LogP contribution in [0.1, 0.15) is 0 Å². The fraction of sp³-hybridized carbons (Fsp3) is 0. The van der Waals surface area contributed by atoms with Gasteiger partial charge in [0.05, 0.1) is 5.52 Å². The second-order valence-corrected chi connectivity index (χ2v) is 3.69. The van der Waals surface area contributed by atoms with E-state index in [1.54, 1.807) is 12.4 Å². The van der Waals surface area contributed by atoms with Crippen LogP contribution in [0.5, 0.6) is 0 Å². The second-order valence-electron chi connectivity index (χ2n) is 3.69. The van der Waals surface area contributed by atoms with Gasteiger partial charge in [-0.05, 0) is 24.3 Å². The summed E-state index contributed by atoms with van der Waals surface area (Å²) in [5, 5.41) is 0.880. The summed E-state index contributed by atoms with van der Waals surface area (Å²) in [5.41, 5.74) is 7.70. The van der Waals surface area contributed by atoms with E-state index in [9.17, 15) is 0 Å². The first-order valence-electron chi connectivity index (χ1n) is 5.27. The average molecular weight is 222 g/mol. The van der Waals surface area contributed by atoms with E-state index >= 15 is 0 Å². The van der Waals surface area contributed by atoms with Crippen LogP contribution in [0.2, 0.25) is 0 Å². The summed E-state index contributed by atoms with van der Waals surface area (Å²) in [6.45, 7) is 0. The maximum atomic E-state index is 5.93. The Balaban J connectivity index is 2.26. The van der Waals surface area contributed by atoms with Crippen LogP contribution in [0.25, 0.3) is 22.3 Å². The zero-order chi connectivity index (χ0) is 11.7. The lowest BCUT2D eigenvalue weighted by molar-refractivity contribution is 1.22. The monoisotopic (exact) mass is 222 g/mol. The van der Waals surface area contributed by atoms with Gasteiger partial charge in [-0.25, -0.2) is 9.97 Å². The van der Waals surface area contributed by atoms with Crippen molar-refractivity contribution >= 4 is 16.7 Å². The highest BCUT2D eigenvalue weighted by molar-refractivity contribution is 5.89. The molecular formula is C13H10N4. The maximum absolute atomic E-state index is 5.93. The van der Waals surface area contributed by atoms with Gasteiger partial charge in [-0.3, -0.25) is 4.98 Å². The molecule has 0 atom stereocenters. The Kier molecular flexibility index (Phi) is 2.19. The van der Waals surface area contributed by atoms with Crippen LogP contribution in [-0.2, 0) is 0 Å². The van der Waals surface area contributed by atoms with E-state index in [-0.39, 0.29) is 0 Å². The SMILES string of the molecule is Nc1nc(-c2ccncc2)nc2ccccc12. The van der Waals surface area contributed by atoms with E-state index in [1.807, 2.05) is 36.4 Å². The third-order valence-electron chi connectivity index (χ3n) is 2.57. The zero-order valence-electron chi connectivity index (χ0n) is 9.04. The van der Waals surface area contributed by atoms with Gasteiger partial charge in [-0.2, -0.15) is 0 Å². The van der Waals surface area contributed by atoms with Crippen LogP contribution in [0.3, 0.4) is 0 Å². The van der Waals surface area contributed by atoms with Crippen LogP contribution in [0, 0.1) is 0 Å². The van der Waals surface area contributed by atoms with Crippen molar-refractivity contribution in [3.63, 3.8) is 0 Å². The molecular weight excluding hydrogens is 212 g/mol. The molecule has 2 heterocycles. The molecule has 2 N–H and O–H groups in total. The van der Waals surface area contributed by atoms with Crippen LogP contribution in [0.4, 0.5) is 5.82 Å². The highest BCUT2D eigenvalue weighted by Crippen LogP contribution is 2.22. The molecule has 0 saturated heterocycles. The Bertz CT molecular complexity index is 665. The molecule has 17 heavy (non-hydrogen) atoms. The van der Waals surface area contributed by atoms with E-state index in [2.05, 4.69) is 15.0 Å². The van der Waals surface area contributed by atoms with Crippen molar-refractivity contribution in [3.05, 3.63) is 48.8 Å². The summed E-state index contributed by atoms with van der Waals surface area (Å²) < 4.78 is 0. The largest absolute Gasteiger partial charge is 0.383 e. The fourth-order valence-corrected chi connectivity index (χ4v) is 1.73. The lowest BCUT2D eigenvalue weighted by Crippen LogP contribution is -1.97. The van der Waals surface area contributed by atoms with Crippen LogP contribution in [0.15, 0.2) is 48.8 Å². The number of para-hydroxylation sites is 1. The number of fused-ring (bicyclic) bond motifs is 1. The van der Waals surface area contributed by atoms with Crippen molar-refractivity contribution in [2.75, 3.05) is 5.73 Å². The number of nitrogen functional groups attached to an aromatic ring is 1. The van der Waals surface area contributed by atoms with Crippen molar-refractivity contribution in [1.82, 2.24) is 15.0 Å². The molecule has 4 nitrogen and oxygen atoms in total. The van der Waals surface area contributed by atoms with Crippen molar-refractivity contribution in [2.45, 2.75) is 0 Å². The molecule has 3 aromatic rings. The molecule has 0 bridgehead atoms. The first-order valence-corrected chi connectivity index (χ1v) is 5.27. The molecule has 0 spiro atoms. The summed E-state index contributed by atoms with van der Waals surface area (Å²) in [5.74, 6) is 1.13. The topological polar surface area (TPSA) is 64.7 Å². The molecule has 4 heteroatoms. The van der Waals surface area contributed by atoms with E-state index in [0.717, 1.165) is 16.5 Å². The summed E-state index contributed by atoms with van der Waals surface area (Å²) in [6, 6.07) is 11.4. The van der Waals surface area contributed by atoms with Crippen LogP contribution < -0.4 is 5.73 Å². The van der Waals surface area contributed by atoms with Gasteiger partial charge in [0.2, 0.25) is 0 Å². The summed E-state index contributed by atoms with van der Waals surface area (Å²) in [7, 11) is 0. The summed E-state index contributed by atoms with van der Waals surface area (Å²) in [4.78, 5) is 12.8. The minimum atomic E-state index is 0.502. The van der Waals surface area contributed by atoms with Gasteiger partial charge < -0.3 is 5.73 Å². The molecule has 0 aliphatic rings. The number of benzene rings is 1. The van der Waals surface area contributed by atoms with E-state index in [4.69, 9.17) is 5.73 Å². The number of anilines is 1. The standard InChI is InChI=1S/C13H10N4/c14-12-10-3-1-2-4-11(10)16-13(17-12)9-5-7-15-8-6-9/h1-8H,(H2,14,16,17). The van der Waals surface area contributed by atoms with E-state index < -0.39 is 0 Å². The maximum Gasteiger partial charge on any atom is 0.162 e. The Hall–Kier alpha value is -2.49. The molecule has 2 aromatic heterocycles. The van der Waals surface area contributed by atoms with Gasteiger partial charge in [0, 0.05) is 23.3 Å². The molecule has 0 aliphatic heterocycles. The van der Waals surface area contributed by atoms with Crippen LogP contribution in [-0.4, -0.2) is 15.0 Å². The van der Waals surface area contributed by atoms with Crippen LogP contribution >= 0.6 is 0 Å². The molecule has 0 radical (unpaired) electrons. The number of rotatable bonds is 1. The molecule has 0 unspecified atom stereocenters. The minimum Gasteiger partial charge on any atom is -0.383 e. The zero-order valence-corrected chi connectivity index (χ0v) is 9.04. The normalized spacial score (nSPS) is 10.6. The second kappa shape index (κ2) is 3.83. The van der Waals surface area contributed by atoms with Crippen molar-refractivity contribution in [2.24, 2.45) is 0 Å². The number of hydrogen-bond acceptors (Lipinski definition) is 4. The number of nitrogens with two attached hydrogens (primary N) is 1. The van der Waals surface area contributed by atoms with E-state index in [0.29, 0.717) is 11.6 Å². The number of pyridine rings is 1. The molecule has 0 aliphatic carbocycles. The molecule has 1 aromatic carbocycles. The quantitative estimate of drug-likeness (QED) is 0.686. The highest BCUT2D eigenvalue weighted by atomic mass is 14.9. The Labute approximate surface area is 98.2 Å². The Morgan fingerprint density at radius 1 is 0.882 bits per heavy atom. The third-order valence-corrected chi connectivity index (χ3v) is 2.57. The first-order chi connectivity index (χ1) is 8.34. The fourth-order valence-electron chi connectivity index (χ4n) is 1.73. The lowest BCUT2D eigenvalue weighted by Gasteiger charge is -2.04. The van der Waals surface area contributed by atoms with Gasteiger partial charge in [0.25, 0.3) is 0 Å². The Morgan fingerprint density at radius 3 is 2.47 bits per heavy atom. The Morgan fingerprint density at radius 2 is 1.65 bits per heavy atom. The minimum absolute atomic E-state index is 0.502. The van der Waals surface area contributed by atoms with Crippen molar-refractivity contribution in [1.29, 1.82) is 0 Å². The van der Waals surface area contributed by atoms with Gasteiger partial charge in [-0.1, -0.05) is 12.1 Å². The van der Waals surface area contributed by atoms with Gasteiger partial charge >= 0.3 is 0 Å². The van der Waals surface area contributed by atoms with E-state index in [1.165, 1.54) is 0 Å². The van der Waals surface area contributed by atoms with Gasteiger partial charge in [0.1, 0.15) is 5.82 Å². The number of hydrogen-bond donors (Lipinski definition) is 1. The average Bonchev–Trinajstić information content (AvgIpc) is 2.40. The van der Waals surface area contributed by atoms with Gasteiger partial charge in [-0.15, -0.1) is 0 Å². The first kappa shape index (κ1) is 9.72. The summed E-state index contributed by atoms with van der Waals surface area (Å²) >= 11 is 0. The number of nitrogens with zero attached hydrogens (tertiary/aromatic N) is 3. The third kappa shape index (κ3) is 1.69. The molecule has 3 rings (SSSR count). The lowest BCUT2D eigenvalue weighted by atomic mass is 10.2. The molecule has 0 fully saturated rings. The molecule has 82 valence electrons. The summed E-state index contributed by atoms with van der Waals surface area (Å²) in [6.07, 6.45) is 3.42. The van der Waals surface area contributed by atoms with Gasteiger partial charge in [0.15, 0.2) is 5.82 Å². The van der Waals surface area contributed by atoms with Crippen molar-refractivity contribution < 1.29 is 0 Å². The number of aromatic nitrogens is 3. The molecule has 0 amide bonds. The van der Waals surface area contributed by atoms with Crippen molar-refractivity contribution in [3.8, 4) is 11.4 Å². The smallest absolute Gasteiger partial charge is 0.162 e. The highest BCUT2D eigenvalue weighted by Gasteiger charge is 2.05. The molecule has 0 saturated carbocycles. The predicted octanol–water partition coefficient (Wildman–Crippen LogP) is 2.27. The predicted molar refractivity (Wildman–Crippen MR) is 67.2 cm³/mol.